The van der Waals surface area contributed by atoms with E-state index in [1.807, 2.05) is 37.3 Å². The van der Waals surface area contributed by atoms with E-state index >= 15 is 0 Å². The summed E-state index contributed by atoms with van der Waals surface area (Å²) in [5.74, 6) is -0.560. The fraction of sp³-hybridized carbons (Fsp3) is 0.0952. The molecule has 0 spiro atoms. The second kappa shape index (κ2) is 6.39. The van der Waals surface area contributed by atoms with E-state index in [1.165, 1.54) is 4.90 Å². The number of halogens is 1. The average molecular weight is 363 g/mol. The molecule has 0 atom stereocenters. The predicted octanol–water partition coefficient (Wildman–Crippen LogP) is 4.51. The summed E-state index contributed by atoms with van der Waals surface area (Å²) in [6.45, 7) is 2.18. The molecule has 0 aliphatic carbocycles. The molecule has 0 radical (unpaired) electrons. The van der Waals surface area contributed by atoms with Crippen molar-refractivity contribution in [3.8, 4) is 11.1 Å². The zero-order chi connectivity index (χ0) is 18.3. The molecule has 0 saturated heterocycles. The summed E-state index contributed by atoms with van der Waals surface area (Å²) >= 11 is 6.26. The van der Waals surface area contributed by atoms with Gasteiger partial charge >= 0.3 is 0 Å². The number of amides is 2. The van der Waals surface area contributed by atoms with Gasteiger partial charge in [0.2, 0.25) is 0 Å². The Morgan fingerprint density at radius 1 is 0.923 bits per heavy atom. The molecule has 5 heteroatoms. The van der Waals surface area contributed by atoms with Crippen LogP contribution in [-0.2, 0) is 6.54 Å². The fourth-order valence-electron chi connectivity index (χ4n) is 3.08. The molecule has 2 amide bonds. The van der Waals surface area contributed by atoms with Gasteiger partial charge in [-0.25, -0.2) is 4.98 Å². The smallest absolute Gasteiger partial charge is 0.261 e. The number of carbonyl (C=O) groups is 2. The molecular formula is C21H15ClN2O2. The van der Waals surface area contributed by atoms with Crippen LogP contribution in [-0.4, -0.2) is 21.7 Å². The van der Waals surface area contributed by atoms with Crippen LogP contribution in [0.5, 0.6) is 0 Å². The molecule has 0 fully saturated rings. The third kappa shape index (κ3) is 2.78. The summed E-state index contributed by atoms with van der Waals surface area (Å²) in [7, 11) is 0. The molecule has 1 aliphatic heterocycles. The van der Waals surface area contributed by atoms with Crippen molar-refractivity contribution in [1.29, 1.82) is 0 Å². The van der Waals surface area contributed by atoms with Crippen molar-refractivity contribution in [2.24, 2.45) is 0 Å². The normalized spacial score (nSPS) is 13.2. The van der Waals surface area contributed by atoms with Gasteiger partial charge < -0.3 is 0 Å². The third-order valence-electron chi connectivity index (χ3n) is 4.48. The molecule has 4 rings (SSSR count). The number of hydrogen-bond donors (Lipinski definition) is 0. The Kier molecular flexibility index (Phi) is 4.05. The van der Waals surface area contributed by atoms with Crippen LogP contribution in [0.4, 0.5) is 0 Å². The molecule has 0 saturated carbocycles. The van der Waals surface area contributed by atoms with Crippen LogP contribution in [0.1, 0.15) is 31.8 Å². The van der Waals surface area contributed by atoms with E-state index in [2.05, 4.69) is 4.98 Å². The summed E-state index contributed by atoms with van der Waals surface area (Å²) in [6, 6.07) is 16.7. The first-order chi connectivity index (χ1) is 12.5. The van der Waals surface area contributed by atoms with Gasteiger partial charge in [0.05, 0.1) is 17.7 Å². The van der Waals surface area contributed by atoms with Crippen LogP contribution < -0.4 is 0 Å². The number of fused-ring (bicyclic) bond motifs is 1. The number of rotatable bonds is 3. The highest BCUT2D eigenvalue weighted by Gasteiger charge is 2.35. The zero-order valence-electron chi connectivity index (χ0n) is 14.1. The van der Waals surface area contributed by atoms with Crippen LogP contribution in [0.2, 0.25) is 5.15 Å². The molecule has 1 aliphatic rings. The van der Waals surface area contributed by atoms with Crippen molar-refractivity contribution >= 4 is 23.4 Å². The minimum atomic E-state index is -0.280. The maximum absolute atomic E-state index is 12.5. The van der Waals surface area contributed by atoms with Gasteiger partial charge in [-0.1, -0.05) is 53.6 Å². The highest BCUT2D eigenvalue weighted by molar-refractivity contribution is 6.32. The number of hydrogen-bond acceptors (Lipinski definition) is 3. The van der Waals surface area contributed by atoms with E-state index in [0.29, 0.717) is 16.3 Å². The molecule has 0 N–H and O–H groups in total. The number of imide groups is 1. The highest BCUT2D eigenvalue weighted by Crippen LogP contribution is 2.29. The average Bonchev–Trinajstić information content (AvgIpc) is 2.89. The molecular weight excluding hydrogens is 348 g/mol. The van der Waals surface area contributed by atoms with E-state index in [-0.39, 0.29) is 18.4 Å². The fourth-order valence-corrected chi connectivity index (χ4v) is 3.29. The SMILES string of the molecule is Cc1ccc(-c2cc(CN3C(=O)c4ccccc4C3=O)cnc2Cl)cc1. The lowest BCUT2D eigenvalue weighted by Crippen LogP contribution is -2.29. The van der Waals surface area contributed by atoms with Crippen LogP contribution in [0.15, 0.2) is 60.8 Å². The van der Waals surface area contributed by atoms with Gasteiger partial charge in [0, 0.05) is 11.8 Å². The van der Waals surface area contributed by atoms with Crippen molar-refractivity contribution in [2.45, 2.75) is 13.5 Å². The van der Waals surface area contributed by atoms with Crippen LogP contribution in [0, 0.1) is 6.92 Å². The Labute approximate surface area is 156 Å². The van der Waals surface area contributed by atoms with Crippen molar-refractivity contribution in [3.05, 3.63) is 88.2 Å². The Hall–Kier alpha value is -2.98. The standard InChI is InChI=1S/C21H15ClN2O2/c1-13-6-8-15(9-7-13)18-10-14(11-23-19(18)22)12-24-20(25)16-4-2-3-5-17(16)21(24)26/h2-11H,12H2,1H3. The predicted molar refractivity (Wildman–Crippen MR) is 100 cm³/mol. The Bertz CT molecular complexity index is 993. The molecule has 3 aromatic rings. The maximum atomic E-state index is 12.5. The maximum Gasteiger partial charge on any atom is 0.261 e. The van der Waals surface area contributed by atoms with E-state index in [1.54, 1.807) is 30.5 Å². The van der Waals surface area contributed by atoms with E-state index in [9.17, 15) is 9.59 Å². The number of pyridine rings is 1. The van der Waals surface area contributed by atoms with E-state index in [4.69, 9.17) is 11.6 Å². The topological polar surface area (TPSA) is 50.3 Å². The van der Waals surface area contributed by atoms with Crippen molar-refractivity contribution in [3.63, 3.8) is 0 Å². The summed E-state index contributed by atoms with van der Waals surface area (Å²) < 4.78 is 0. The molecule has 26 heavy (non-hydrogen) atoms. The summed E-state index contributed by atoms with van der Waals surface area (Å²) in [5, 5.41) is 0.389. The van der Waals surface area contributed by atoms with Crippen molar-refractivity contribution in [1.82, 2.24) is 9.88 Å². The summed E-state index contributed by atoms with van der Waals surface area (Å²) in [6.07, 6.45) is 1.60. The first-order valence-electron chi connectivity index (χ1n) is 8.21. The molecule has 0 unspecified atom stereocenters. The van der Waals surface area contributed by atoms with Crippen molar-refractivity contribution < 1.29 is 9.59 Å². The van der Waals surface area contributed by atoms with Gasteiger partial charge in [-0.15, -0.1) is 0 Å². The minimum absolute atomic E-state index is 0.162. The van der Waals surface area contributed by atoms with Gasteiger partial charge in [0.25, 0.3) is 11.8 Å². The molecule has 2 aromatic carbocycles. The number of aromatic nitrogens is 1. The van der Waals surface area contributed by atoms with E-state index < -0.39 is 0 Å². The van der Waals surface area contributed by atoms with Crippen LogP contribution >= 0.6 is 11.6 Å². The van der Waals surface area contributed by atoms with Gasteiger partial charge in [-0.3, -0.25) is 14.5 Å². The highest BCUT2D eigenvalue weighted by atomic mass is 35.5. The van der Waals surface area contributed by atoms with Crippen LogP contribution in [0.25, 0.3) is 11.1 Å². The molecule has 0 bridgehead atoms. The Morgan fingerprint density at radius 3 is 2.15 bits per heavy atom. The number of aryl methyl sites for hydroxylation is 1. The molecule has 4 nitrogen and oxygen atoms in total. The Morgan fingerprint density at radius 2 is 1.54 bits per heavy atom. The lowest BCUT2D eigenvalue weighted by Gasteiger charge is -2.15. The van der Waals surface area contributed by atoms with Crippen molar-refractivity contribution in [2.75, 3.05) is 0 Å². The lowest BCUT2D eigenvalue weighted by atomic mass is 10.0. The minimum Gasteiger partial charge on any atom is -0.270 e. The van der Waals surface area contributed by atoms with E-state index in [0.717, 1.165) is 22.3 Å². The summed E-state index contributed by atoms with van der Waals surface area (Å²) in [5.41, 5.74) is 4.51. The van der Waals surface area contributed by atoms with Gasteiger partial charge in [0.1, 0.15) is 5.15 Å². The molecule has 2 heterocycles. The second-order valence-electron chi connectivity index (χ2n) is 6.29. The molecule has 128 valence electrons. The third-order valence-corrected chi connectivity index (χ3v) is 4.78. The first kappa shape index (κ1) is 16.5. The lowest BCUT2D eigenvalue weighted by molar-refractivity contribution is 0.0642. The molecule has 1 aromatic heterocycles. The Balaban J connectivity index is 1.66. The van der Waals surface area contributed by atoms with Crippen LogP contribution in [0.3, 0.4) is 0 Å². The van der Waals surface area contributed by atoms with Gasteiger partial charge in [-0.2, -0.15) is 0 Å². The summed E-state index contributed by atoms with van der Waals surface area (Å²) in [4.78, 5) is 30.5. The van der Waals surface area contributed by atoms with Gasteiger partial charge in [0.15, 0.2) is 0 Å². The second-order valence-corrected chi connectivity index (χ2v) is 6.65. The number of nitrogens with zero attached hydrogens (tertiary/aromatic N) is 2. The monoisotopic (exact) mass is 362 g/mol. The zero-order valence-corrected chi connectivity index (χ0v) is 14.8. The van der Waals surface area contributed by atoms with Gasteiger partial charge in [-0.05, 0) is 36.2 Å². The quantitative estimate of drug-likeness (QED) is 0.509. The largest absolute Gasteiger partial charge is 0.270 e. The number of carbonyl (C=O) groups excluding carboxylic acids is 2. The number of benzene rings is 2. The first-order valence-corrected chi connectivity index (χ1v) is 8.59.